The van der Waals surface area contributed by atoms with Crippen molar-refractivity contribution in [3.63, 3.8) is 0 Å². The summed E-state index contributed by atoms with van der Waals surface area (Å²) in [5.41, 5.74) is 1.05. The van der Waals surface area contributed by atoms with Crippen LogP contribution in [-0.2, 0) is 4.74 Å². The first-order chi connectivity index (χ1) is 8.44. The van der Waals surface area contributed by atoms with E-state index in [-0.39, 0.29) is 23.4 Å². The first-order valence-corrected chi connectivity index (χ1v) is 6.04. The van der Waals surface area contributed by atoms with Crippen molar-refractivity contribution in [3.05, 3.63) is 46.7 Å². The Labute approximate surface area is 105 Å². The Kier molecular flexibility index (Phi) is 2.06. The van der Waals surface area contributed by atoms with Gasteiger partial charge in [-0.3, -0.25) is 9.59 Å². The Bertz CT molecular complexity index is 608. The highest BCUT2D eigenvalue weighted by Crippen LogP contribution is 2.46. The van der Waals surface area contributed by atoms with Crippen LogP contribution in [0.25, 0.3) is 0 Å². The Morgan fingerprint density at radius 3 is 2.22 bits per heavy atom. The topological polar surface area (TPSA) is 43.4 Å². The molecule has 1 unspecified atom stereocenters. The molecular weight excluding hydrogens is 228 g/mol. The molecule has 0 aromatic heterocycles. The second kappa shape index (κ2) is 3.31. The molecule has 1 aliphatic heterocycles. The average molecular weight is 242 g/mol. The van der Waals surface area contributed by atoms with Gasteiger partial charge in [0.2, 0.25) is 5.78 Å². The van der Waals surface area contributed by atoms with Gasteiger partial charge in [-0.2, -0.15) is 0 Å². The molecule has 0 fully saturated rings. The number of Topliss-reactive ketones (excluding diaryl/α,β-unsaturated/α-hetero) is 2. The Morgan fingerprint density at radius 1 is 1.06 bits per heavy atom. The van der Waals surface area contributed by atoms with Crippen molar-refractivity contribution in [2.45, 2.75) is 26.9 Å². The summed E-state index contributed by atoms with van der Waals surface area (Å²) in [7, 11) is 0. The van der Waals surface area contributed by atoms with E-state index in [0.717, 1.165) is 0 Å². The number of allylic oxidation sites excluding steroid dienone is 1. The maximum atomic E-state index is 12.5. The summed E-state index contributed by atoms with van der Waals surface area (Å²) >= 11 is 0. The van der Waals surface area contributed by atoms with Gasteiger partial charge in [-0.1, -0.05) is 38.1 Å². The molecule has 1 atom stereocenters. The van der Waals surface area contributed by atoms with E-state index in [1.54, 1.807) is 24.3 Å². The fourth-order valence-electron chi connectivity index (χ4n) is 2.58. The quantitative estimate of drug-likeness (QED) is 0.702. The van der Waals surface area contributed by atoms with Crippen molar-refractivity contribution >= 4 is 11.6 Å². The van der Waals surface area contributed by atoms with Crippen LogP contribution in [0, 0.1) is 5.41 Å². The molecule has 3 nitrogen and oxygen atoms in total. The van der Waals surface area contributed by atoms with Gasteiger partial charge in [-0.25, -0.2) is 0 Å². The SMILES string of the molecule is CC1OC2=C(C(=O)c3ccccc3C2=O)C1(C)C. The van der Waals surface area contributed by atoms with E-state index in [4.69, 9.17) is 4.74 Å². The number of carbonyl (C=O) groups excluding carboxylic acids is 2. The number of ether oxygens (including phenoxy) is 1. The van der Waals surface area contributed by atoms with Crippen LogP contribution in [0.1, 0.15) is 41.5 Å². The lowest BCUT2D eigenvalue weighted by atomic mass is 9.74. The fourth-order valence-corrected chi connectivity index (χ4v) is 2.58. The molecule has 0 saturated heterocycles. The molecule has 1 aromatic carbocycles. The van der Waals surface area contributed by atoms with Gasteiger partial charge < -0.3 is 4.74 Å². The highest BCUT2D eigenvalue weighted by Gasteiger charge is 2.49. The summed E-state index contributed by atoms with van der Waals surface area (Å²) in [5.74, 6) is 0.00313. The normalized spacial score (nSPS) is 24.7. The fraction of sp³-hybridized carbons (Fsp3) is 0.333. The minimum atomic E-state index is -0.421. The summed E-state index contributed by atoms with van der Waals surface area (Å²) in [6.45, 7) is 5.78. The molecular formula is C15H14O3. The predicted octanol–water partition coefficient (Wildman–Crippen LogP) is 2.76. The largest absolute Gasteiger partial charge is 0.485 e. The number of benzene rings is 1. The van der Waals surface area contributed by atoms with Crippen LogP contribution in [0.15, 0.2) is 35.6 Å². The van der Waals surface area contributed by atoms with Gasteiger partial charge >= 0.3 is 0 Å². The third-order valence-corrected chi connectivity index (χ3v) is 4.03. The lowest BCUT2D eigenvalue weighted by Crippen LogP contribution is -2.29. The van der Waals surface area contributed by atoms with Crippen LogP contribution >= 0.6 is 0 Å². The molecule has 18 heavy (non-hydrogen) atoms. The van der Waals surface area contributed by atoms with E-state index in [2.05, 4.69) is 0 Å². The number of hydrogen-bond donors (Lipinski definition) is 0. The van der Waals surface area contributed by atoms with Crippen LogP contribution in [0.3, 0.4) is 0 Å². The van der Waals surface area contributed by atoms with Gasteiger partial charge in [-0.05, 0) is 6.92 Å². The van der Waals surface area contributed by atoms with Gasteiger partial charge in [0.1, 0.15) is 6.10 Å². The van der Waals surface area contributed by atoms with Gasteiger partial charge in [0.25, 0.3) is 0 Å². The highest BCUT2D eigenvalue weighted by atomic mass is 16.5. The van der Waals surface area contributed by atoms with Crippen molar-refractivity contribution in [1.82, 2.24) is 0 Å². The summed E-state index contributed by atoms with van der Waals surface area (Å²) in [4.78, 5) is 24.9. The molecule has 0 bridgehead atoms. The molecule has 2 aliphatic rings. The smallest absolute Gasteiger partial charge is 0.228 e. The van der Waals surface area contributed by atoms with Crippen LogP contribution in [0.4, 0.5) is 0 Å². The molecule has 0 amide bonds. The number of rotatable bonds is 0. The van der Waals surface area contributed by atoms with Crippen LogP contribution < -0.4 is 0 Å². The summed E-state index contributed by atoms with van der Waals surface area (Å²) in [5, 5.41) is 0. The van der Waals surface area contributed by atoms with E-state index in [1.807, 2.05) is 20.8 Å². The number of hydrogen-bond acceptors (Lipinski definition) is 3. The molecule has 3 heteroatoms. The molecule has 0 spiro atoms. The first-order valence-electron chi connectivity index (χ1n) is 6.04. The van der Waals surface area contributed by atoms with Crippen molar-refractivity contribution in [2.75, 3.05) is 0 Å². The molecule has 0 saturated carbocycles. The van der Waals surface area contributed by atoms with Crippen LogP contribution in [0.2, 0.25) is 0 Å². The van der Waals surface area contributed by atoms with E-state index in [0.29, 0.717) is 16.7 Å². The second-order valence-corrected chi connectivity index (χ2v) is 5.39. The van der Waals surface area contributed by atoms with Gasteiger partial charge in [0.15, 0.2) is 11.5 Å². The summed E-state index contributed by atoms with van der Waals surface area (Å²) in [6.07, 6.45) is -0.162. The second-order valence-electron chi connectivity index (χ2n) is 5.39. The monoisotopic (exact) mass is 242 g/mol. The lowest BCUT2D eigenvalue weighted by molar-refractivity contribution is 0.0722. The maximum Gasteiger partial charge on any atom is 0.228 e. The van der Waals surface area contributed by atoms with Crippen molar-refractivity contribution in [2.24, 2.45) is 5.41 Å². The van der Waals surface area contributed by atoms with E-state index < -0.39 is 5.41 Å². The van der Waals surface area contributed by atoms with E-state index in [9.17, 15) is 9.59 Å². The first kappa shape index (κ1) is 11.2. The molecule has 92 valence electrons. The third kappa shape index (κ3) is 1.19. The molecule has 3 rings (SSSR count). The minimum Gasteiger partial charge on any atom is -0.485 e. The molecule has 1 aromatic rings. The lowest BCUT2D eigenvalue weighted by Gasteiger charge is -2.25. The minimum absolute atomic E-state index is 0.0745. The molecule has 1 heterocycles. The Hall–Kier alpha value is -1.90. The standard InChI is InChI=1S/C15H14O3/c1-8-15(2,3)11-12(16)9-6-4-5-7-10(9)13(17)14(11)18-8/h4-8H,1-3H3. The van der Waals surface area contributed by atoms with Gasteiger partial charge in [0, 0.05) is 16.5 Å². The molecule has 0 N–H and O–H groups in total. The number of carbonyl (C=O) groups is 2. The number of fused-ring (bicyclic) bond motifs is 1. The number of ketones is 2. The zero-order chi connectivity index (χ0) is 13.1. The van der Waals surface area contributed by atoms with Crippen molar-refractivity contribution < 1.29 is 14.3 Å². The zero-order valence-corrected chi connectivity index (χ0v) is 10.6. The van der Waals surface area contributed by atoms with Crippen molar-refractivity contribution in [1.29, 1.82) is 0 Å². The maximum absolute atomic E-state index is 12.5. The average Bonchev–Trinajstić information content (AvgIpc) is 2.58. The summed E-state index contributed by atoms with van der Waals surface area (Å²) < 4.78 is 5.63. The Morgan fingerprint density at radius 2 is 1.61 bits per heavy atom. The van der Waals surface area contributed by atoms with Crippen molar-refractivity contribution in [3.8, 4) is 0 Å². The van der Waals surface area contributed by atoms with E-state index >= 15 is 0 Å². The van der Waals surface area contributed by atoms with Crippen LogP contribution in [0.5, 0.6) is 0 Å². The zero-order valence-electron chi connectivity index (χ0n) is 10.6. The van der Waals surface area contributed by atoms with E-state index in [1.165, 1.54) is 0 Å². The third-order valence-electron chi connectivity index (χ3n) is 4.03. The van der Waals surface area contributed by atoms with Gasteiger partial charge in [-0.15, -0.1) is 0 Å². The highest BCUT2D eigenvalue weighted by molar-refractivity contribution is 6.27. The Balaban J connectivity index is 2.26. The van der Waals surface area contributed by atoms with Gasteiger partial charge in [0.05, 0.1) is 5.57 Å². The summed E-state index contributed by atoms with van der Waals surface area (Å²) in [6, 6.07) is 6.93. The van der Waals surface area contributed by atoms with Crippen LogP contribution in [-0.4, -0.2) is 17.7 Å². The predicted molar refractivity (Wildman–Crippen MR) is 66.5 cm³/mol. The molecule has 0 radical (unpaired) electrons. The molecule has 1 aliphatic carbocycles.